The Labute approximate surface area is 134 Å². The quantitative estimate of drug-likeness (QED) is 0.596. The molecule has 1 aromatic rings. The third kappa shape index (κ3) is 3.60. The SMILES string of the molecule is C/C(C=O)=C\CC[C@H](C)C1CC[C@@H](C)c2c(O)cc(C)cc21. The Hall–Kier alpha value is -1.57. The summed E-state index contributed by atoms with van der Waals surface area (Å²) in [6.07, 6.45) is 7.31. The average Bonchev–Trinajstić information content (AvgIpc) is 2.46. The molecule has 0 bridgehead atoms. The van der Waals surface area contributed by atoms with Crippen molar-refractivity contribution in [2.75, 3.05) is 0 Å². The second-order valence-electron chi connectivity index (χ2n) is 6.99. The summed E-state index contributed by atoms with van der Waals surface area (Å²) in [5, 5.41) is 10.3. The molecule has 22 heavy (non-hydrogen) atoms. The highest BCUT2D eigenvalue weighted by Crippen LogP contribution is 2.47. The van der Waals surface area contributed by atoms with Gasteiger partial charge in [0.1, 0.15) is 12.0 Å². The predicted molar refractivity (Wildman–Crippen MR) is 91.5 cm³/mol. The van der Waals surface area contributed by atoms with Crippen molar-refractivity contribution in [2.24, 2.45) is 5.92 Å². The van der Waals surface area contributed by atoms with E-state index in [9.17, 15) is 9.90 Å². The standard InChI is InChI=1S/C20H28O2/c1-13(12-21)6-5-7-15(3)17-9-8-16(4)20-18(17)10-14(2)11-19(20)22/h6,10-12,15-17,22H,5,7-9H2,1-4H3/b13-6+/t15-,16+,17?/m0/s1. The van der Waals surface area contributed by atoms with Gasteiger partial charge >= 0.3 is 0 Å². The van der Waals surface area contributed by atoms with Gasteiger partial charge < -0.3 is 5.11 Å². The highest BCUT2D eigenvalue weighted by molar-refractivity contribution is 5.71. The van der Waals surface area contributed by atoms with Gasteiger partial charge in [0.05, 0.1) is 0 Å². The molecule has 2 rings (SSSR count). The van der Waals surface area contributed by atoms with Crippen LogP contribution in [0.15, 0.2) is 23.8 Å². The number of hydrogen-bond donors (Lipinski definition) is 1. The van der Waals surface area contributed by atoms with Crippen LogP contribution >= 0.6 is 0 Å². The fourth-order valence-corrected chi connectivity index (χ4v) is 3.79. The molecule has 1 aromatic carbocycles. The van der Waals surface area contributed by atoms with Crippen LogP contribution in [0.3, 0.4) is 0 Å². The summed E-state index contributed by atoms with van der Waals surface area (Å²) in [6.45, 7) is 8.42. The number of phenols is 1. The summed E-state index contributed by atoms with van der Waals surface area (Å²) < 4.78 is 0. The number of allylic oxidation sites excluding steroid dienone is 2. The molecule has 2 heteroatoms. The molecule has 0 aliphatic heterocycles. The number of carbonyl (C=O) groups is 1. The number of phenolic OH excluding ortho intramolecular Hbond substituents is 1. The van der Waals surface area contributed by atoms with E-state index in [1.165, 1.54) is 12.0 Å². The van der Waals surface area contributed by atoms with E-state index in [0.29, 0.717) is 23.5 Å². The van der Waals surface area contributed by atoms with Crippen molar-refractivity contribution in [1.29, 1.82) is 0 Å². The Balaban J connectivity index is 2.20. The maximum atomic E-state index is 10.7. The van der Waals surface area contributed by atoms with Crippen molar-refractivity contribution in [3.8, 4) is 5.75 Å². The van der Waals surface area contributed by atoms with Crippen LogP contribution < -0.4 is 0 Å². The van der Waals surface area contributed by atoms with Crippen LogP contribution in [0.5, 0.6) is 5.75 Å². The number of fused-ring (bicyclic) bond motifs is 1. The van der Waals surface area contributed by atoms with Crippen LogP contribution in [0.25, 0.3) is 0 Å². The molecule has 3 atom stereocenters. The lowest BCUT2D eigenvalue weighted by Gasteiger charge is -2.34. The molecular formula is C20H28O2. The van der Waals surface area contributed by atoms with Gasteiger partial charge in [-0.25, -0.2) is 0 Å². The molecule has 120 valence electrons. The monoisotopic (exact) mass is 300 g/mol. The van der Waals surface area contributed by atoms with E-state index in [1.807, 2.05) is 19.1 Å². The molecule has 0 radical (unpaired) electrons. The van der Waals surface area contributed by atoms with Gasteiger partial charge in [0.15, 0.2) is 0 Å². The van der Waals surface area contributed by atoms with Crippen LogP contribution in [0, 0.1) is 12.8 Å². The first-order valence-electron chi connectivity index (χ1n) is 8.39. The van der Waals surface area contributed by atoms with Crippen molar-refractivity contribution in [3.05, 3.63) is 40.5 Å². The van der Waals surface area contributed by atoms with Crippen LogP contribution in [-0.4, -0.2) is 11.4 Å². The van der Waals surface area contributed by atoms with Crippen molar-refractivity contribution in [1.82, 2.24) is 0 Å². The van der Waals surface area contributed by atoms with Crippen LogP contribution in [0.2, 0.25) is 0 Å². The Morgan fingerprint density at radius 3 is 2.82 bits per heavy atom. The third-order valence-electron chi connectivity index (χ3n) is 5.10. The van der Waals surface area contributed by atoms with Gasteiger partial charge in [-0.2, -0.15) is 0 Å². The molecule has 1 aliphatic carbocycles. The molecule has 1 N–H and O–H groups in total. The molecule has 0 heterocycles. The number of aldehydes is 1. The summed E-state index contributed by atoms with van der Waals surface area (Å²) in [5.41, 5.74) is 4.46. The Bertz CT molecular complexity index is 571. The lowest BCUT2D eigenvalue weighted by Crippen LogP contribution is -2.19. The largest absolute Gasteiger partial charge is 0.508 e. The maximum absolute atomic E-state index is 10.7. The second kappa shape index (κ2) is 7.13. The van der Waals surface area contributed by atoms with E-state index in [-0.39, 0.29) is 0 Å². The third-order valence-corrected chi connectivity index (χ3v) is 5.10. The summed E-state index contributed by atoms with van der Waals surface area (Å²) in [4.78, 5) is 10.7. The molecule has 2 nitrogen and oxygen atoms in total. The summed E-state index contributed by atoms with van der Waals surface area (Å²) in [6, 6.07) is 4.15. The van der Waals surface area contributed by atoms with Gasteiger partial charge in [-0.3, -0.25) is 4.79 Å². The highest BCUT2D eigenvalue weighted by Gasteiger charge is 2.30. The molecule has 0 spiro atoms. The van der Waals surface area contributed by atoms with Gasteiger partial charge in [-0.05, 0) is 80.1 Å². The minimum Gasteiger partial charge on any atom is -0.508 e. The van der Waals surface area contributed by atoms with Gasteiger partial charge in [0, 0.05) is 5.56 Å². The molecule has 0 amide bonds. The first-order chi connectivity index (χ1) is 10.4. The molecule has 1 aliphatic rings. The average molecular weight is 300 g/mol. The lowest BCUT2D eigenvalue weighted by molar-refractivity contribution is -0.104. The van der Waals surface area contributed by atoms with Crippen LogP contribution in [0.1, 0.15) is 75.0 Å². The number of hydrogen-bond acceptors (Lipinski definition) is 2. The van der Waals surface area contributed by atoms with Gasteiger partial charge in [-0.1, -0.05) is 26.0 Å². The van der Waals surface area contributed by atoms with E-state index in [1.54, 1.807) is 0 Å². The van der Waals surface area contributed by atoms with Crippen LogP contribution in [-0.2, 0) is 4.79 Å². The molecular weight excluding hydrogens is 272 g/mol. The number of rotatable bonds is 5. The summed E-state index contributed by atoms with van der Waals surface area (Å²) in [5.74, 6) is 1.98. The number of aromatic hydroxyl groups is 1. The second-order valence-corrected chi connectivity index (χ2v) is 6.99. The van der Waals surface area contributed by atoms with E-state index < -0.39 is 0 Å². The summed E-state index contributed by atoms with van der Waals surface area (Å²) >= 11 is 0. The Morgan fingerprint density at radius 2 is 2.14 bits per heavy atom. The first kappa shape index (κ1) is 16.8. The Morgan fingerprint density at radius 1 is 1.41 bits per heavy atom. The van der Waals surface area contributed by atoms with Crippen molar-refractivity contribution in [2.45, 2.75) is 65.2 Å². The van der Waals surface area contributed by atoms with Crippen LogP contribution in [0.4, 0.5) is 0 Å². The normalized spacial score (nSPS) is 23.0. The topological polar surface area (TPSA) is 37.3 Å². The predicted octanol–water partition coefficient (Wildman–Crippen LogP) is 5.24. The zero-order valence-electron chi connectivity index (χ0n) is 14.2. The lowest BCUT2D eigenvalue weighted by atomic mass is 9.71. The van der Waals surface area contributed by atoms with E-state index in [0.717, 1.165) is 42.2 Å². The highest BCUT2D eigenvalue weighted by atomic mass is 16.3. The van der Waals surface area contributed by atoms with Crippen molar-refractivity contribution >= 4 is 6.29 Å². The van der Waals surface area contributed by atoms with E-state index in [2.05, 4.69) is 26.8 Å². The maximum Gasteiger partial charge on any atom is 0.145 e. The minimum atomic E-state index is 0.441. The first-order valence-corrected chi connectivity index (χ1v) is 8.39. The van der Waals surface area contributed by atoms with Crippen molar-refractivity contribution < 1.29 is 9.90 Å². The Kier molecular flexibility index (Phi) is 5.44. The number of carbonyl (C=O) groups excluding carboxylic acids is 1. The number of benzene rings is 1. The van der Waals surface area contributed by atoms with Gasteiger partial charge in [-0.15, -0.1) is 0 Å². The smallest absolute Gasteiger partial charge is 0.145 e. The summed E-state index contributed by atoms with van der Waals surface area (Å²) in [7, 11) is 0. The van der Waals surface area contributed by atoms with Crippen molar-refractivity contribution in [3.63, 3.8) is 0 Å². The molecule has 0 saturated heterocycles. The molecule has 0 aromatic heterocycles. The fourth-order valence-electron chi connectivity index (χ4n) is 3.79. The molecule has 0 saturated carbocycles. The van der Waals surface area contributed by atoms with Gasteiger partial charge in [0.25, 0.3) is 0 Å². The zero-order chi connectivity index (χ0) is 16.3. The molecule has 1 unspecified atom stereocenters. The molecule has 0 fully saturated rings. The van der Waals surface area contributed by atoms with E-state index in [4.69, 9.17) is 0 Å². The minimum absolute atomic E-state index is 0.441. The number of aryl methyl sites for hydroxylation is 1. The van der Waals surface area contributed by atoms with Gasteiger partial charge in [0.2, 0.25) is 0 Å². The van der Waals surface area contributed by atoms with E-state index >= 15 is 0 Å². The fraction of sp³-hybridized carbons (Fsp3) is 0.550. The zero-order valence-corrected chi connectivity index (χ0v) is 14.2.